The smallest absolute Gasteiger partial charge is 0.294 e. The normalized spacial score (nSPS) is 18.1. The lowest BCUT2D eigenvalue weighted by Gasteiger charge is -2.12. The van der Waals surface area contributed by atoms with Crippen molar-refractivity contribution in [2.75, 3.05) is 13.1 Å². The number of aryl methyl sites for hydroxylation is 1. The average Bonchev–Trinajstić information content (AvgIpc) is 2.79. The molecule has 0 unspecified atom stereocenters. The van der Waals surface area contributed by atoms with Crippen LogP contribution in [0.25, 0.3) is 0 Å². The fourth-order valence-corrected chi connectivity index (χ4v) is 3.55. The largest absolute Gasteiger partial charge is 0.313 e. The molecule has 0 fully saturated rings. The van der Waals surface area contributed by atoms with Gasteiger partial charge in [0.05, 0.1) is 4.90 Å². The number of benzene rings is 1. The maximum Gasteiger partial charge on any atom is 0.294 e. The molecule has 114 valence electrons. The number of carbonyl (C=O) groups excluding carboxylic acids is 1. The van der Waals surface area contributed by atoms with Crippen molar-refractivity contribution in [1.29, 1.82) is 0 Å². The summed E-state index contributed by atoms with van der Waals surface area (Å²) in [7, 11) is -4.02. The Hall–Kier alpha value is -1.15. The van der Waals surface area contributed by atoms with E-state index in [0.29, 0.717) is 11.5 Å². The standard InChI is InChI=1S/C7H9NOS.C7H8O3S/c9-7-3-5-4-8-2-1-6(5)10-7;1-6-2-4-7(5-3-6)11(8,9)10/h8H,1-4H2;2-5H,1H3,(H,8,9,10). The molecule has 0 radical (unpaired) electrons. The second kappa shape index (κ2) is 6.74. The van der Waals surface area contributed by atoms with E-state index in [9.17, 15) is 13.2 Å². The highest BCUT2D eigenvalue weighted by Crippen LogP contribution is 2.35. The number of hydrogen-bond acceptors (Lipinski definition) is 5. The van der Waals surface area contributed by atoms with Gasteiger partial charge in [0.2, 0.25) is 0 Å². The third-order valence-electron chi connectivity index (χ3n) is 3.18. The predicted molar refractivity (Wildman–Crippen MR) is 82.7 cm³/mol. The minimum Gasteiger partial charge on any atom is -0.313 e. The van der Waals surface area contributed by atoms with E-state index in [1.54, 1.807) is 12.1 Å². The molecule has 2 heterocycles. The number of carbonyl (C=O) groups is 1. The predicted octanol–water partition coefficient (Wildman–Crippen LogP) is 2.14. The quantitative estimate of drug-likeness (QED) is 0.769. The molecule has 1 aromatic carbocycles. The van der Waals surface area contributed by atoms with Crippen LogP contribution < -0.4 is 5.32 Å². The summed E-state index contributed by atoms with van der Waals surface area (Å²) in [5, 5.41) is 3.58. The number of thioether (sulfide) groups is 1. The Labute approximate surface area is 128 Å². The fraction of sp³-hybridized carbons (Fsp3) is 0.357. The molecule has 0 saturated heterocycles. The van der Waals surface area contributed by atoms with Gasteiger partial charge < -0.3 is 5.32 Å². The van der Waals surface area contributed by atoms with Crippen LogP contribution in [0.15, 0.2) is 39.6 Å². The van der Waals surface area contributed by atoms with Crippen LogP contribution in [0.2, 0.25) is 0 Å². The molecular formula is C14H17NO4S2. The van der Waals surface area contributed by atoms with Gasteiger partial charge in [0, 0.05) is 13.0 Å². The van der Waals surface area contributed by atoms with Crippen LogP contribution in [0.4, 0.5) is 0 Å². The van der Waals surface area contributed by atoms with Crippen LogP contribution in [0, 0.1) is 6.92 Å². The summed E-state index contributed by atoms with van der Waals surface area (Å²) < 4.78 is 29.6. The van der Waals surface area contributed by atoms with E-state index in [2.05, 4.69) is 5.32 Å². The third-order valence-corrected chi connectivity index (χ3v) is 5.15. The maximum atomic E-state index is 10.9. The molecule has 0 aliphatic carbocycles. The minimum atomic E-state index is -4.02. The van der Waals surface area contributed by atoms with Gasteiger partial charge in [0.25, 0.3) is 10.1 Å². The van der Waals surface area contributed by atoms with Crippen LogP contribution in [-0.2, 0) is 14.9 Å². The van der Waals surface area contributed by atoms with Crippen molar-refractivity contribution in [3.8, 4) is 0 Å². The monoisotopic (exact) mass is 327 g/mol. The second-order valence-corrected chi connectivity index (χ2v) is 7.47. The summed E-state index contributed by atoms with van der Waals surface area (Å²) in [6, 6.07) is 5.99. The van der Waals surface area contributed by atoms with E-state index in [1.165, 1.54) is 34.4 Å². The third kappa shape index (κ3) is 4.67. The van der Waals surface area contributed by atoms with E-state index in [0.717, 1.165) is 25.1 Å². The Morgan fingerprint density at radius 2 is 1.90 bits per heavy atom. The summed E-state index contributed by atoms with van der Waals surface area (Å²) in [6.45, 7) is 3.82. The SMILES string of the molecule is Cc1ccc(S(=O)(=O)O)cc1.O=C1CC2=C(CCNC2)S1. The van der Waals surface area contributed by atoms with Crippen LogP contribution in [0.5, 0.6) is 0 Å². The van der Waals surface area contributed by atoms with E-state index >= 15 is 0 Å². The Bertz CT molecular complexity index is 643. The van der Waals surface area contributed by atoms with Gasteiger partial charge in [-0.25, -0.2) is 0 Å². The lowest BCUT2D eigenvalue weighted by atomic mass is 10.1. The Kier molecular flexibility index (Phi) is 5.21. The zero-order chi connectivity index (χ0) is 15.5. The lowest BCUT2D eigenvalue weighted by molar-refractivity contribution is -0.110. The number of nitrogens with one attached hydrogen (secondary N) is 1. The second-order valence-electron chi connectivity index (χ2n) is 4.89. The summed E-state index contributed by atoms with van der Waals surface area (Å²) >= 11 is 1.45. The summed E-state index contributed by atoms with van der Waals surface area (Å²) in [5.41, 5.74) is 2.29. The van der Waals surface area contributed by atoms with Gasteiger partial charge in [-0.3, -0.25) is 9.35 Å². The van der Waals surface area contributed by atoms with Gasteiger partial charge in [-0.05, 0) is 42.5 Å². The van der Waals surface area contributed by atoms with Gasteiger partial charge in [-0.15, -0.1) is 0 Å². The first-order valence-electron chi connectivity index (χ1n) is 6.53. The molecule has 2 N–H and O–H groups in total. The molecule has 0 bridgehead atoms. The van der Waals surface area contributed by atoms with Crippen molar-refractivity contribution in [2.45, 2.75) is 24.7 Å². The fourth-order valence-electron chi connectivity index (χ4n) is 2.06. The van der Waals surface area contributed by atoms with E-state index in [-0.39, 0.29) is 4.90 Å². The topological polar surface area (TPSA) is 83.5 Å². The minimum absolute atomic E-state index is 0.0666. The van der Waals surface area contributed by atoms with E-state index in [1.807, 2.05) is 6.92 Å². The van der Waals surface area contributed by atoms with Crippen molar-refractivity contribution in [3.05, 3.63) is 40.3 Å². The average molecular weight is 327 g/mol. The molecule has 5 nitrogen and oxygen atoms in total. The molecule has 2 aliphatic heterocycles. The lowest BCUT2D eigenvalue weighted by Crippen LogP contribution is -2.22. The van der Waals surface area contributed by atoms with Crippen molar-refractivity contribution in [1.82, 2.24) is 5.32 Å². The Morgan fingerprint density at radius 3 is 2.48 bits per heavy atom. The molecule has 0 amide bonds. The Morgan fingerprint density at radius 1 is 1.24 bits per heavy atom. The summed E-state index contributed by atoms with van der Waals surface area (Å²) in [6.07, 6.45) is 1.75. The molecular weight excluding hydrogens is 310 g/mol. The number of hydrogen-bond donors (Lipinski definition) is 2. The van der Waals surface area contributed by atoms with Crippen molar-refractivity contribution in [2.24, 2.45) is 0 Å². The van der Waals surface area contributed by atoms with Gasteiger partial charge in [-0.1, -0.05) is 29.5 Å². The molecule has 7 heteroatoms. The van der Waals surface area contributed by atoms with Crippen molar-refractivity contribution in [3.63, 3.8) is 0 Å². The first-order valence-corrected chi connectivity index (χ1v) is 8.78. The van der Waals surface area contributed by atoms with Crippen LogP contribution in [0.3, 0.4) is 0 Å². The molecule has 0 aromatic heterocycles. The first-order chi connectivity index (χ1) is 9.86. The highest BCUT2D eigenvalue weighted by atomic mass is 32.2. The molecule has 21 heavy (non-hydrogen) atoms. The van der Waals surface area contributed by atoms with Gasteiger partial charge in [0.15, 0.2) is 5.12 Å². The van der Waals surface area contributed by atoms with Crippen molar-refractivity contribution < 1.29 is 17.8 Å². The highest BCUT2D eigenvalue weighted by molar-refractivity contribution is 8.17. The molecule has 2 aliphatic rings. The van der Waals surface area contributed by atoms with Gasteiger partial charge in [0.1, 0.15) is 0 Å². The maximum absolute atomic E-state index is 10.9. The van der Waals surface area contributed by atoms with Gasteiger partial charge in [-0.2, -0.15) is 8.42 Å². The zero-order valence-electron chi connectivity index (χ0n) is 11.6. The summed E-state index contributed by atoms with van der Waals surface area (Å²) in [5.74, 6) is 0. The molecule has 0 atom stereocenters. The molecule has 0 saturated carbocycles. The first kappa shape index (κ1) is 16.2. The van der Waals surface area contributed by atoms with Crippen LogP contribution in [-0.4, -0.2) is 31.2 Å². The number of rotatable bonds is 1. The molecule has 0 spiro atoms. The van der Waals surface area contributed by atoms with E-state index in [4.69, 9.17) is 4.55 Å². The van der Waals surface area contributed by atoms with Crippen LogP contribution >= 0.6 is 11.8 Å². The molecule has 3 rings (SSSR count). The van der Waals surface area contributed by atoms with Crippen LogP contribution in [0.1, 0.15) is 18.4 Å². The molecule has 1 aromatic rings. The van der Waals surface area contributed by atoms with E-state index < -0.39 is 10.1 Å². The summed E-state index contributed by atoms with van der Waals surface area (Å²) in [4.78, 5) is 12.2. The Balaban J connectivity index is 0.000000154. The highest BCUT2D eigenvalue weighted by Gasteiger charge is 2.23. The zero-order valence-corrected chi connectivity index (χ0v) is 13.3. The van der Waals surface area contributed by atoms with Crippen molar-refractivity contribution >= 4 is 27.0 Å². The van der Waals surface area contributed by atoms with Gasteiger partial charge >= 0.3 is 0 Å².